The summed E-state index contributed by atoms with van der Waals surface area (Å²) < 4.78 is 3.51. The van der Waals surface area contributed by atoms with Crippen molar-refractivity contribution in [1.82, 2.24) is 19.8 Å². The summed E-state index contributed by atoms with van der Waals surface area (Å²) in [4.78, 5) is 0. The average molecular weight is 154 g/mol. The Labute approximate surface area is 62.1 Å². The van der Waals surface area contributed by atoms with Crippen LogP contribution in [0, 0.1) is 0 Å². The summed E-state index contributed by atoms with van der Waals surface area (Å²) in [5.41, 5.74) is 0. The number of rotatable bonds is 0. The Kier molecular flexibility index (Phi) is 3.19. The lowest BCUT2D eigenvalue weighted by Crippen LogP contribution is -1.53. The summed E-state index contributed by atoms with van der Waals surface area (Å²) in [6, 6.07) is 1.83. The molecule has 0 aliphatic carbocycles. The van der Waals surface area contributed by atoms with Gasteiger partial charge < -0.3 is 0 Å². The first-order valence-electron chi connectivity index (χ1n) is 2.65. The molecule has 0 saturated heterocycles. The number of nitrogens with one attached hydrogen (secondary N) is 1. The van der Waals surface area contributed by atoms with E-state index in [0.29, 0.717) is 0 Å². The third-order valence-corrected chi connectivity index (χ3v) is 1.12. The van der Waals surface area contributed by atoms with Crippen molar-refractivity contribution >= 4 is 11.5 Å². The van der Waals surface area contributed by atoms with E-state index in [9.17, 15) is 0 Å². The molecule has 2 aromatic rings. The zero-order valence-corrected chi connectivity index (χ0v) is 5.95. The molecule has 0 aromatic carbocycles. The predicted molar refractivity (Wildman–Crippen MR) is 38.5 cm³/mol. The normalized spacial score (nSPS) is 8.00. The molecule has 0 bridgehead atoms. The van der Waals surface area contributed by atoms with Crippen LogP contribution < -0.4 is 0 Å². The molecule has 2 rings (SSSR count). The number of H-pyrrole nitrogens is 1. The van der Waals surface area contributed by atoms with Crippen LogP contribution in [0.25, 0.3) is 0 Å². The maximum atomic E-state index is 3.60. The lowest BCUT2D eigenvalue weighted by molar-refractivity contribution is 1.09. The van der Waals surface area contributed by atoms with E-state index in [-0.39, 0.29) is 0 Å². The van der Waals surface area contributed by atoms with Gasteiger partial charge in [-0.2, -0.15) is 5.10 Å². The van der Waals surface area contributed by atoms with Gasteiger partial charge in [0.15, 0.2) is 0 Å². The molecule has 0 atom stereocenters. The molecule has 0 unspecified atom stereocenters. The molecule has 0 aliphatic heterocycles. The zero-order chi connectivity index (χ0) is 7.07. The van der Waals surface area contributed by atoms with Crippen LogP contribution in [0.4, 0.5) is 0 Å². The van der Waals surface area contributed by atoms with Gasteiger partial charge in [0.05, 0.1) is 6.20 Å². The Morgan fingerprint density at radius 1 is 1.30 bits per heavy atom. The third kappa shape index (κ3) is 2.93. The van der Waals surface area contributed by atoms with E-state index in [2.05, 4.69) is 19.8 Å². The van der Waals surface area contributed by atoms with Crippen LogP contribution in [-0.2, 0) is 0 Å². The molecule has 0 aliphatic rings. The van der Waals surface area contributed by atoms with Crippen molar-refractivity contribution < 1.29 is 0 Å². The van der Waals surface area contributed by atoms with E-state index in [1.165, 1.54) is 11.5 Å². The van der Waals surface area contributed by atoms with Crippen molar-refractivity contribution in [1.29, 1.82) is 0 Å². The van der Waals surface area contributed by atoms with Crippen molar-refractivity contribution in [3.8, 4) is 0 Å². The van der Waals surface area contributed by atoms with Gasteiger partial charge in [0, 0.05) is 17.8 Å². The number of aromatic nitrogens is 4. The van der Waals surface area contributed by atoms with Gasteiger partial charge in [0.25, 0.3) is 0 Å². The molecule has 10 heavy (non-hydrogen) atoms. The van der Waals surface area contributed by atoms with Crippen LogP contribution in [-0.4, -0.2) is 19.8 Å². The van der Waals surface area contributed by atoms with E-state index in [4.69, 9.17) is 0 Å². The molecule has 1 N–H and O–H groups in total. The standard InChI is InChI=1S/C3H4N2.C2H2N2S/c1-2-4-5-3-1;1-2-5-4-3-1/h1-3H,(H,4,5);1-2H. The Bertz CT molecular complexity index is 153. The molecule has 0 radical (unpaired) electrons. The second-order valence-electron chi connectivity index (χ2n) is 1.35. The molecule has 0 saturated carbocycles. The van der Waals surface area contributed by atoms with Gasteiger partial charge in [-0.1, -0.05) is 4.49 Å². The van der Waals surface area contributed by atoms with Crippen molar-refractivity contribution in [2.45, 2.75) is 0 Å². The molecular formula is C5H6N4S. The molecule has 5 heteroatoms. The van der Waals surface area contributed by atoms with Gasteiger partial charge in [0.1, 0.15) is 0 Å². The Morgan fingerprint density at radius 3 is 2.50 bits per heavy atom. The van der Waals surface area contributed by atoms with Gasteiger partial charge in [-0.15, -0.1) is 5.10 Å². The van der Waals surface area contributed by atoms with Crippen LogP contribution >= 0.6 is 11.5 Å². The van der Waals surface area contributed by atoms with Crippen LogP contribution in [0.2, 0.25) is 0 Å². The lowest BCUT2D eigenvalue weighted by Gasteiger charge is -1.49. The highest BCUT2D eigenvalue weighted by atomic mass is 32.1. The largest absolute Gasteiger partial charge is 0.286 e. The first-order valence-corrected chi connectivity index (χ1v) is 3.48. The van der Waals surface area contributed by atoms with Gasteiger partial charge >= 0.3 is 0 Å². The van der Waals surface area contributed by atoms with Crippen LogP contribution in [0.5, 0.6) is 0 Å². The van der Waals surface area contributed by atoms with Gasteiger partial charge in [-0.25, -0.2) is 0 Å². The first kappa shape index (κ1) is 6.88. The maximum Gasteiger partial charge on any atom is 0.0620 e. The summed E-state index contributed by atoms with van der Waals surface area (Å²) in [6.07, 6.45) is 5.12. The van der Waals surface area contributed by atoms with E-state index in [1.54, 1.807) is 18.6 Å². The molecular weight excluding hydrogens is 148 g/mol. The van der Waals surface area contributed by atoms with E-state index in [0.717, 1.165) is 0 Å². The highest BCUT2D eigenvalue weighted by Gasteiger charge is 1.61. The van der Waals surface area contributed by atoms with Crippen molar-refractivity contribution in [2.75, 3.05) is 0 Å². The third-order valence-electron chi connectivity index (χ3n) is 0.689. The van der Waals surface area contributed by atoms with Gasteiger partial charge in [-0.05, 0) is 17.6 Å². The monoisotopic (exact) mass is 154 g/mol. The number of aromatic amines is 1. The average Bonchev–Trinajstić information content (AvgIpc) is 2.67. The number of hydrogen-bond acceptors (Lipinski definition) is 4. The molecule has 2 aromatic heterocycles. The topological polar surface area (TPSA) is 54.5 Å². The molecule has 0 spiro atoms. The summed E-state index contributed by atoms with van der Waals surface area (Å²) in [5.74, 6) is 0. The minimum Gasteiger partial charge on any atom is -0.286 e. The second kappa shape index (κ2) is 4.63. The first-order chi connectivity index (χ1) is 5.00. The van der Waals surface area contributed by atoms with Crippen molar-refractivity contribution in [3.63, 3.8) is 0 Å². The Morgan fingerprint density at radius 2 is 2.30 bits per heavy atom. The molecule has 52 valence electrons. The predicted octanol–water partition coefficient (Wildman–Crippen LogP) is 0.948. The maximum absolute atomic E-state index is 3.60. The smallest absolute Gasteiger partial charge is 0.0620 e. The molecule has 2 heterocycles. The highest BCUT2D eigenvalue weighted by molar-refractivity contribution is 7.03. The van der Waals surface area contributed by atoms with Crippen molar-refractivity contribution in [3.05, 3.63) is 30.0 Å². The molecule has 0 amide bonds. The fourth-order valence-corrected chi connectivity index (χ4v) is 0.623. The van der Waals surface area contributed by atoms with Gasteiger partial charge in [-0.3, -0.25) is 5.10 Å². The fraction of sp³-hybridized carbons (Fsp3) is 0. The van der Waals surface area contributed by atoms with E-state index in [1.807, 2.05) is 11.4 Å². The fourth-order valence-electron chi connectivity index (χ4n) is 0.351. The van der Waals surface area contributed by atoms with Crippen LogP contribution in [0.15, 0.2) is 30.0 Å². The van der Waals surface area contributed by atoms with Crippen LogP contribution in [0.3, 0.4) is 0 Å². The summed E-state index contributed by atoms with van der Waals surface area (Å²) >= 11 is 1.35. The van der Waals surface area contributed by atoms with E-state index >= 15 is 0 Å². The van der Waals surface area contributed by atoms with Gasteiger partial charge in [0.2, 0.25) is 0 Å². The minimum atomic E-state index is 1.35. The zero-order valence-electron chi connectivity index (χ0n) is 5.14. The van der Waals surface area contributed by atoms with Crippen molar-refractivity contribution in [2.24, 2.45) is 0 Å². The summed E-state index contributed by atoms with van der Waals surface area (Å²) in [5, 5.41) is 11.5. The molecule has 4 nitrogen and oxygen atoms in total. The Balaban J connectivity index is 0.0000001000. The number of nitrogens with zero attached hydrogens (tertiary/aromatic N) is 3. The summed E-state index contributed by atoms with van der Waals surface area (Å²) in [6.45, 7) is 0. The summed E-state index contributed by atoms with van der Waals surface area (Å²) in [7, 11) is 0. The number of hydrogen-bond donors (Lipinski definition) is 1. The Hall–Kier alpha value is -1.23. The van der Waals surface area contributed by atoms with E-state index < -0.39 is 0 Å². The minimum absolute atomic E-state index is 1.35. The highest BCUT2D eigenvalue weighted by Crippen LogP contribution is 1.78. The quantitative estimate of drug-likeness (QED) is 0.614. The molecule has 0 fully saturated rings. The van der Waals surface area contributed by atoms with Crippen LogP contribution in [0.1, 0.15) is 0 Å². The lowest BCUT2D eigenvalue weighted by atomic mass is 10.8. The second-order valence-corrected chi connectivity index (χ2v) is 2.00. The SMILES string of the molecule is c1cn[nH]c1.c1csnn1.